The molecule has 0 aliphatic heterocycles. The summed E-state index contributed by atoms with van der Waals surface area (Å²) in [5.74, 6) is -1.72. The number of carboxylic acids is 1. The van der Waals surface area contributed by atoms with Crippen LogP contribution < -0.4 is 0 Å². The molecule has 1 fully saturated rings. The van der Waals surface area contributed by atoms with Crippen molar-refractivity contribution in [3.05, 3.63) is 70.8 Å². The van der Waals surface area contributed by atoms with Gasteiger partial charge in [-0.25, -0.2) is 8.78 Å². The maximum absolute atomic E-state index is 13.4. The molecule has 0 aromatic heterocycles. The van der Waals surface area contributed by atoms with Gasteiger partial charge in [-0.2, -0.15) is 0 Å². The van der Waals surface area contributed by atoms with Gasteiger partial charge in [0.2, 0.25) is 0 Å². The first-order valence-electron chi connectivity index (χ1n) is 11.2. The van der Waals surface area contributed by atoms with E-state index in [2.05, 4.69) is 6.92 Å². The molecule has 0 heterocycles. The predicted octanol–water partition coefficient (Wildman–Crippen LogP) is 6.84. The molecule has 30 heavy (non-hydrogen) atoms. The first kappa shape index (κ1) is 22.5. The van der Waals surface area contributed by atoms with Crippen LogP contribution in [0.15, 0.2) is 42.5 Å². The van der Waals surface area contributed by atoms with Gasteiger partial charge in [0.25, 0.3) is 0 Å². The second kappa shape index (κ2) is 10.2. The molecule has 0 radical (unpaired) electrons. The Balaban J connectivity index is 1.62. The van der Waals surface area contributed by atoms with E-state index in [1.807, 2.05) is 24.3 Å². The van der Waals surface area contributed by atoms with Gasteiger partial charge in [0.1, 0.15) is 0 Å². The summed E-state index contributed by atoms with van der Waals surface area (Å²) in [7, 11) is 0. The van der Waals surface area contributed by atoms with E-state index in [4.69, 9.17) is 0 Å². The number of carboxylic acid groups (broad SMARTS) is 1. The fourth-order valence-corrected chi connectivity index (χ4v) is 4.74. The Morgan fingerprint density at radius 3 is 2.20 bits per heavy atom. The summed E-state index contributed by atoms with van der Waals surface area (Å²) in [6.45, 7) is 2.21. The van der Waals surface area contributed by atoms with Gasteiger partial charge < -0.3 is 5.11 Å². The molecule has 0 amide bonds. The van der Waals surface area contributed by atoms with E-state index >= 15 is 0 Å². The second-order valence-electron chi connectivity index (χ2n) is 8.77. The molecule has 1 N–H and O–H groups in total. The zero-order valence-electron chi connectivity index (χ0n) is 17.8. The lowest BCUT2D eigenvalue weighted by atomic mass is 9.66. The highest BCUT2D eigenvalue weighted by Gasteiger charge is 2.43. The number of unbranched alkanes of at least 4 members (excludes halogenated alkanes) is 2. The first-order valence-corrected chi connectivity index (χ1v) is 11.2. The predicted molar refractivity (Wildman–Crippen MR) is 116 cm³/mol. The van der Waals surface area contributed by atoms with E-state index in [9.17, 15) is 18.7 Å². The molecular weight excluding hydrogens is 382 g/mol. The SMILES string of the molecule is CCCCCC1CCC(C(=O)O)(c2ccc(CCc3ccc(F)c(F)c3)cc2)CC1. The lowest BCUT2D eigenvalue weighted by molar-refractivity contribution is -0.145. The van der Waals surface area contributed by atoms with Gasteiger partial charge in [-0.05, 0) is 73.3 Å². The highest BCUT2D eigenvalue weighted by atomic mass is 19.2. The molecule has 2 aromatic carbocycles. The largest absolute Gasteiger partial charge is 0.481 e. The van der Waals surface area contributed by atoms with Crippen LogP contribution in [-0.2, 0) is 23.1 Å². The summed E-state index contributed by atoms with van der Waals surface area (Å²) in [5, 5.41) is 10.0. The minimum Gasteiger partial charge on any atom is -0.481 e. The van der Waals surface area contributed by atoms with Crippen molar-refractivity contribution in [2.75, 3.05) is 0 Å². The summed E-state index contributed by atoms with van der Waals surface area (Å²) in [6.07, 6.45) is 9.61. The van der Waals surface area contributed by atoms with Gasteiger partial charge in [-0.1, -0.05) is 62.9 Å². The van der Waals surface area contributed by atoms with Crippen LogP contribution in [0.3, 0.4) is 0 Å². The Kier molecular flexibility index (Phi) is 7.63. The monoisotopic (exact) mass is 414 g/mol. The molecule has 0 bridgehead atoms. The van der Waals surface area contributed by atoms with Crippen molar-refractivity contribution in [2.24, 2.45) is 5.92 Å². The second-order valence-corrected chi connectivity index (χ2v) is 8.77. The van der Waals surface area contributed by atoms with Gasteiger partial charge in [-0.3, -0.25) is 4.79 Å². The number of carbonyl (C=O) groups is 1. The Morgan fingerprint density at radius 1 is 0.967 bits per heavy atom. The molecule has 162 valence electrons. The van der Waals surface area contributed by atoms with E-state index in [1.165, 1.54) is 31.7 Å². The van der Waals surface area contributed by atoms with Crippen LogP contribution in [0, 0.1) is 17.6 Å². The zero-order chi connectivity index (χ0) is 21.6. The molecule has 4 heteroatoms. The van der Waals surface area contributed by atoms with Crippen LogP contribution in [0.4, 0.5) is 8.78 Å². The van der Waals surface area contributed by atoms with Crippen molar-refractivity contribution in [1.82, 2.24) is 0 Å². The number of benzene rings is 2. The fraction of sp³-hybridized carbons (Fsp3) is 0.500. The summed E-state index contributed by atoms with van der Waals surface area (Å²) in [5.41, 5.74) is 1.93. The maximum atomic E-state index is 13.4. The molecule has 1 saturated carbocycles. The van der Waals surface area contributed by atoms with Gasteiger partial charge in [-0.15, -0.1) is 0 Å². The van der Waals surface area contributed by atoms with Crippen molar-refractivity contribution in [3.63, 3.8) is 0 Å². The molecule has 0 unspecified atom stereocenters. The third-order valence-electron chi connectivity index (χ3n) is 6.78. The van der Waals surface area contributed by atoms with Crippen LogP contribution in [0.1, 0.15) is 75.0 Å². The Hall–Kier alpha value is -2.23. The highest BCUT2D eigenvalue weighted by molar-refractivity contribution is 5.81. The molecule has 1 aliphatic carbocycles. The molecule has 2 nitrogen and oxygen atoms in total. The number of rotatable bonds is 9. The van der Waals surface area contributed by atoms with Crippen LogP contribution >= 0.6 is 0 Å². The van der Waals surface area contributed by atoms with E-state index in [0.717, 1.165) is 35.6 Å². The summed E-state index contributed by atoms with van der Waals surface area (Å²) in [6, 6.07) is 11.9. The van der Waals surface area contributed by atoms with E-state index < -0.39 is 23.0 Å². The lowest BCUT2D eigenvalue weighted by Gasteiger charge is -2.37. The van der Waals surface area contributed by atoms with Crippen molar-refractivity contribution in [2.45, 2.75) is 76.5 Å². The molecular formula is C26H32F2O2. The summed E-state index contributed by atoms with van der Waals surface area (Å²) in [4.78, 5) is 12.2. The average Bonchev–Trinajstić information content (AvgIpc) is 2.75. The molecule has 0 saturated heterocycles. The van der Waals surface area contributed by atoms with Gasteiger partial charge in [0, 0.05) is 0 Å². The van der Waals surface area contributed by atoms with Crippen LogP contribution in [0.25, 0.3) is 0 Å². The topological polar surface area (TPSA) is 37.3 Å². The molecule has 0 atom stereocenters. The van der Waals surface area contributed by atoms with Crippen LogP contribution in [0.5, 0.6) is 0 Å². The number of hydrogen-bond acceptors (Lipinski definition) is 1. The quantitative estimate of drug-likeness (QED) is 0.456. The molecule has 3 rings (SSSR count). The molecule has 2 aromatic rings. The van der Waals surface area contributed by atoms with Gasteiger partial charge in [0.15, 0.2) is 11.6 Å². The van der Waals surface area contributed by atoms with E-state index in [1.54, 1.807) is 6.07 Å². The fourth-order valence-electron chi connectivity index (χ4n) is 4.74. The number of aliphatic carboxylic acids is 1. The zero-order valence-corrected chi connectivity index (χ0v) is 17.8. The maximum Gasteiger partial charge on any atom is 0.314 e. The van der Waals surface area contributed by atoms with Crippen molar-refractivity contribution in [3.8, 4) is 0 Å². The van der Waals surface area contributed by atoms with Crippen LogP contribution in [0.2, 0.25) is 0 Å². The van der Waals surface area contributed by atoms with Gasteiger partial charge in [0.05, 0.1) is 5.41 Å². The third-order valence-corrected chi connectivity index (χ3v) is 6.78. The van der Waals surface area contributed by atoms with E-state index in [0.29, 0.717) is 31.6 Å². The molecule has 0 spiro atoms. The van der Waals surface area contributed by atoms with Crippen molar-refractivity contribution >= 4 is 5.97 Å². The normalized spacial score (nSPS) is 21.5. The minimum atomic E-state index is -0.831. The smallest absolute Gasteiger partial charge is 0.314 e. The Labute approximate surface area is 178 Å². The Morgan fingerprint density at radius 2 is 1.60 bits per heavy atom. The van der Waals surface area contributed by atoms with Crippen LogP contribution in [-0.4, -0.2) is 11.1 Å². The highest BCUT2D eigenvalue weighted by Crippen LogP contribution is 2.43. The third kappa shape index (κ3) is 5.27. The first-order chi connectivity index (χ1) is 14.4. The molecule has 1 aliphatic rings. The Bertz CT molecular complexity index is 837. The average molecular weight is 415 g/mol. The van der Waals surface area contributed by atoms with E-state index in [-0.39, 0.29) is 0 Å². The minimum absolute atomic E-state index is 0.611. The summed E-state index contributed by atoms with van der Waals surface area (Å²) >= 11 is 0. The van der Waals surface area contributed by atoms with Crippen molar-refractivity contribution in [1.29, 1.82) is 0 Å². The van der Waals surface area contributed by atoms with Crippen molar-refractivity contribution < 1.29 is 18.7 Å². The number of halogens is 2. The van der Waals surface area contributed by atoms with Gasteiger partial charge >= 0.3 is 5.97 Å². The number of hydrogen-bond donors (Lipinski definition) is 1. The number of aryl methyl sites for hydroxylation is 2. The summed E-state index contributed by atoms with van der Waals surface area (Å²) < 4.78 is 26.4. The lowest BCUT2D eigenvalue weighted by Crippen LogP contribution is -2.39. The standard InChI is InChI=1S/C26H32F2O2/c1-2-3-4-5-19-14-16-26(17-15-19,25(29)30)22-11-8-20(9-12-22)6-7-21-10-13-23(27)24(28)18-21/h8-13,18-19H,2-7,14-17H2,1H3,(H,29,30).